The van der Waals surface area contributed by atoms with Crippen LogP contribution in [0.25, 0.3) is 0 Å². The number of halogens is 3. The van der Waals surface area contributed by atoms with Crippen LogP contribution >= 0.6 is 0 Å². The predicted octanol–water partition coefficient (Wildman–Crippen LogP) is 2.93. The molecule has 0 saturated carbocycles. The SMILES string of the molecule is CN1C(N)=N[C@](C)(c2cccc(S(C)(=O)=O)c2)[C@H](c2ccc(C(F)(F)F)cc2)N1O. The quantitative estimate of drug-likeness (QED) is 0.758. The first kappa shape index (κ1) is 22.1. The average molecular weight is 442 g/mol. The summed E-state index contributed by atoms with van der Waals surface area (Å²) in [5.74, 6) is -0.0482. The number of rotatable bonds is 3. The minimum atomic E-state index is -4.50. The Balaban J connectivity index is 2.19. The van der Waals surface area contributed by atoms with E-state index in [9.17, 15) is 26.8 Å². The molecule has 0 spiro atoms. The molecule has 0 fully saturated rings. The van der Waals surface area contributed by atoms with Gasteiger partial charge in [-0.15, -0.1) is 0 Å². The number of nitrogens with zero attached hydrogens (tertiary/aromatic N) is 3. The normalized spacial score (nSPS) is 23.4. The van der Waals surface area contributed by atoms with E-state index in [1.807, 2.05) is 0 Å². The first-order valence-corrected chi connectivity index (χ1v) is 10.7. The summed E-state index contributed by atoms with van der Waals surface area (Å²) in [6.45, 7) is 1.62. The molecule has 11 heteroatoms. The molecule has 0 aromatic heterocycles. The van der Waals surface area contributed by atoms with Gasteiger partial charge in [-0.2, -0.15) is 13.2 Å². The molecule has 162 valence electrons. The van der Waals surface area contributed by atoms with Crippen molar-refractivity contribution in [3.63, 3.8) is 0 Å². The predicted molar refractivity (Wildman–Crippen MR) is 104 cm³/mol. The molecule has 0 bridgehead atoms. The second-order valence-corrected chi connectivity index (χ2v) is 9.30. The van der Waals surface area contributed by atoms with Gasteiger partial charge in [0.05, 0.1) is 10.5 Å². The number of nitrogens with two attached hydrogens (primary N) is 1. The zero-order valence-corrected chi connectivity index (χ0v) is 17.2. The van der Waals surface area contributed by atoms with Crippen LogP contribution < -0.4 is 5.73 Å². The van der Waals surface area contributed by atoms with Gasteiger partial charge in [-0.05, 0) is 42.3 Å². The zero-order chi connectivity index (χ0) is 22.5. The molecule has 3 N–H and O–H groups in total. The second kappa shape index (κ2) is 7.25. The highest BCUT2D eigenvalue weighted by molar-refractivity contribution is 7.90. The largest absolute Gasteiger partial charge is 0.416 e. The smallest absolute Gasteiger partial charge is 0.369 e. The van der Waals surface area contributed by atoms with E-state index in [0.29, 0.717) is 11.1 Å². The van der Waals surface area contributed by atoms with Crippen LogP contribution in [0.5, 0.6) is 0 Å². The fraction of sp³-hybridized carbons (Fsp3) is 0.316. The summed E-state index contributed by atoms with van der Waals surface area (Å²) < 4.78 is 62.9. The van der Waals surface area contributed by atoms with Gasteiger partial charge >= 0.3 is 6.18 Å². The van der Waals surface area contributed by atoms with Crippen molar-refractivity contribution < 1.29 is 26.8 Å². The van der Waals surface area contributed by atoms with Crippen molar-refractivity contribution in [2.75, 3.05) is 13.3 Å². The van der Waals surface area contributed by atoms with Crippen molar-refractivity contribution >= 4 is 15.8 Å². The number of hydrogen-bond donors (Lipinski definition) is 2. The zero-order valence-electron chi connectivity index (χ0n) is 16.4. The first-order chi connectivity index (χ1) is 13.7. The maximum absolute atomic E-state index is 13.0. The van der Waals surface area contributed by atoms with Gasteiger partial charge < -0.3 is 5.73 Å². The van der Waals surface area contributed by atoms with Crippen LogP contribution in [0.15, 0.2) is 58.4 Å². The number of hydroxylamine groups is 1. The first-order valence-electron chi connectivity index (χ1n) is 8.80. The molecular formula is C19H21F3N4O3S. The summed E-state index contributed by atoms with van der Waals surface area (Å²) in [7, 11) is -2.08. The molecule has 3 rings (SSSR count). The molecule has 2 aromatic rings. The van der Waals surface area contributed by atoms with Gasteiger partial charge in [0.1, 0.15) is 11.6 Å². The number of alkyl halides is 3. The van der Waals surface area contributed by atoms with Gasteiger partial charge in [0.2, 0.25) is 5.96 Å². The van der Waals surface area contributed by atoms with E-state index in [1.165, 1.54) is 37.4 Å². The van der Waals surface area contributed by atoms with E-state index in [4.69, 9.17) is 5.73 Å². The monoisotopic (exact) mass is 442 g/mol. The van der Waals surface area contributed by atoms with Gasteiger partial charge in [-0.25, -0.2) is 13.4 Å². The van der Waals surface area contributed by atoms with Crippen LogP contribution in [0.4, 0.5) is 13.2 Å². The van der Waals surface area contributed by atoms with Crippen LogP contribution in [0.1, 0.15) is 29.7 Å². The lowest BCUT2D eigenvalue weighted by molar-refractivity contribution is -0.256. The Morgan fingerprint density at radius 1 is 1.17 bits per heavy atom. The van der Waals surface area contributed by atoms with E-state index in [1.54, 1.807) is 13.0 Å². The number of aliphatic imine (C=N–C) groups is 1. The molecule has 0 saturated heterocycles. The topological polar surface area (TPSA) is 99.2 Å². The molecule has 2 atom stereocenters. The number of hydrogen-bond acceptors (Lipinski definition) is 7. The van der Waals surface area contributed by atoms with Crippen molar-refractivity contribution in [2.24, 2.45) is 10.7 Å². The maximum Gasteiger partial charge on any atom is 0.416 e. The van der Waals surface area contributed by atoms with Crippen molar-refractivity contribution in [1.82, 2.24) is 10.2 Å². The van der Waals surface area contributed by atoms with Crippen molar-refractivity contribution in [2.45, 2.75) is 29.6 Å². The van der Waals surface area contributed by atoms with Crippen molar-refractivity contribution in [1.29, 1.82) is 0 Å². The summed E-state index contributed by atoms with van der Waals surface area (Å²) in [5.41, 5.74) is 4.56. The van der Waals surface area contributed by atoms with Crippen molar-refractivity contribution in [3.8, 4) is 0 Å². The molecule has 1 aliphatic rings. The van der Waals surface area contributed by atoms with E-state index in [0.717, 1.165) is 28.6 Å². The molecule has 7 nitrogen and oxygen atoms in total. The highest BCUT2D eigenvalue weighted by Gasteiger charge is 2.47. The van der Waals surface area contributed by atoms with E-state index in [2.05, 4.69) is 4.99 Å². The Hall–Kier alpha value is -2.63. The summed E-state index contributed by atoms with van der Waals surface area (Å²) >= 11 is 0. The summed E-state index contributed by atoms with van der Waals surface area (Å²) in [4.78, 5) is 4.52. The molecule has 30 heavy (non-hydrogen) atoms. The molecule has 1 heterocycles. The van der Waals surface area contributed by atoms with Gasteiger partial charge in [-0.1, -0.05) is 29.4 Å². The highest BCUT2D eigenvalue weighted by Crippen LogP contribution is 2.45. The fourth-order valence-corrected chi connectivity index (χ4v) is 4.12. The van der Waals surface area contributed by atoms with Gasteiger partial charge in [0.25, 0.3) is 0 Å². The second-order valence-electron chi connectivity index (χ2n) is 7.28. The van der Waals surface area contributed by atoms with Crippen LogP contribution in [0, 0.1) is 0 Å². The Morgan fingerprint density at radius 3 is 2.30 bits per heavy atom. The highest BCUT2D eigenvalue weighted by atomic mass is 32.2. The van der Waals surface area contributed by atoms with Gasteiger partial charge in [0.15, 0.2) is 9.84 Å². The van der Waals surface area contributed by atoms with E-state index >= 15 is 0 Å². The van der Waals surface area contributed by atoms with Crippen molar-refractivity contribution in [3.05, 3.63) is 65.2 Å². The Bertz CT molecular complexity index is 1090. The lowest BCUT2D eigenvalue weighted by Gasteiger charge is -2.46. The van der Waals surface area contributed by atoms with Gasteiger partial charge in [0, 0.05) is 13.3 Å². The molecule has 1 aliphatic heterocycles. The number of hydrazine groups is 1. The molecule has 0 aliphatic carbocycles. The third-order valence-corrected chi connectivity index (χ3v) is 6.26. The maximum atomic E-state index is 13.0. The molecule has 0 radical (unpaired) electrons. The lowest BCUT2D eigenvalue weighted by atomic mass is 9.80. The summed E-state index contributed by atoms with van der Waals surface area (Å²) in [5, 5.41) is 12.7. The number of benzene rings is 2. The van der Waals surface area contributed by atoms with Crippen LogP contribution in [0.2, 0.25) is 0 Å². The fourth-order valence-electron chi connectivity index (χ4n) is 3.45. The Morgan fingerprint density at radius 2 is 1.77 bits per heavy atom. The number of guanidine groups is 1. The Labute approximate surface area is 172 Å². The Kier molecular flexibility index (Phi) is 5.34. The molecule has 0 amide bonds. The molecule has 0 unspecified atom stereocenters. The minimum absolute atomic E-state index is 0.0459. The lowest BCUT2D eigenvalue weighted by Crippen LogP contribution is -2.57. The van der Waals surface area contributed by atoms with Gasteiger partial charge in [-0.3, -0.25) is 10.2 Å². The van der Waals surface area contributed by atoms with Crippen LogP contribution in [-0.4, -0.2) is 43.1 Å². The van der Waals surface area contributed by atoms with E-state index < -0.39 is 33.2 Å². The summed E-state index contributed by atoms with van der Waals surface area (Å²) in [6, 6.07) is 9.36. The summed E-state index contributed by atoms with van der Waals surface area (Å²) in [6.07, 6.45) is -3.44. The standard InChI is InChI=1S/C19H21F3N4O3S/c1-18(14-5-4-6-15(11-14)30(3,28)29)16(26(27)25(2)17(23)24-18)12-7-9-13(10-8-12)19(20,21)22/h4-11,16,27H,1-3H3,(H2,23,24)/t16-,18+/m0/s1. The average Bonchev–Trinajstić information content (AvgIpc) is 2.65. The van der Waals surface area contributed by atoms with Crippen LogP contribution in [0.3, 0.4) is 0 Å². The van der Waals surface area contributed by atoms with E-state index in [-0.39, 0.29) is 10.9 Å². The third-order valence-electron chi connectivity index (χ3n) is 5.15. The molecule has 2 aromatic carbocycles. The molecular weight excluding hydrogens is 421 g/mol. The van der Waals surface area contributed by atoms with Crippen LogP contribution in [-0.2, 0) is 21.6 Å². The number of sulfone groups is 1. The minimum Gasteiger partial charge on any atom is -0.369 e. The third kappa shape index (κ3) is 3.87.